The first-order valence-electron chi connectivity index (χ1n) is 7.73. The van der Waals surface area contributed by atoms with E-state index >= 15 is 0 Å². The lowest BCUT2D eigenvalue weighted by Crippen LogP contribution is -2.13. The first-order valence-corrected chi connectivity index (χ1v) is 7.73. The third-order valence-electron chi connectivity index (χ3n) is 3.50. The number of nitrogens with one attached hydrogen (secondary N) is 1. The zero-order chi connectivity index (χ0) is 16.9. The minimum absolute atomic E-state index is 0.136. The SMILES string of the molecule is Cc1ccc(-c2noc(CCC(=O)Nc3cccc(C)n3)n2)cc1. The molecule has 1 aromatic carbocycles. The maximum atomic E-state index is 12.0. The molecule has 0 fully saturated rings. The van der Waals surface area contributed by atoms with Gasteiger partial charge in [-0.1, -0.05) is 41.1 Å². The monoisotopic (exact) mass is 322 g/mol. The van der Waals surface area contributed by atoms with Gasteiger partial charge in [-0.3, -0.25) is 4.79 Å². The van der Waals surface area contributed by atoms with Crippen LogP contribution in [0.4, 0.5) is 5.82 Å². The van der Waals surface area contributed by atoms with Crippen molar-refractivity contribution >= 4 is 11.7 Å². The molecule has 0 unspecified atom stereocenters. The van der Waals surface area contributed by atoms with Crippen LogP contribution in [0, 0.1) is 13.8 Å². The van der Waals surface area contributed by atoms with E-state index in [0.717, 1.165) is 11.3 Å². The second-order valence-corrected chi connectivity index (χ2v) is 5.59. The van der Waals surface area contributed by atoms with Crippen LogP contribution in [0.25, 0.3) is 11.4 Å². The summed E-state index contributed by atoms with van der Waals surface area (Å²) in [6, 6.07) is 13.4. The largest absolute Gasteiger partial charge is 0.339 e. The summed E-state index contributed by atoms with van der Waals surface area (Å²) in [7, 11) is 0. The third-order valence-corrected chi connectivity index (χ3v) is 3.50. The Hall–Kier alpha value is -3.02. The van der Waals surface area contributed by atoms with Crippen molar-refractivity contribution in [2.45, 2.75) is 26.7 Å². The zero-order valence-electron chi connectivity index (χ0n) is 13.6. The first kappa shape index (κ1) is 15.9. The van der Waals surface area contributed by atoms with E-state index in [4.69, 9.17) is 4.52 Å². The highest BCUT2D eigenvalue weighted by Gasteiger charge is 2.11. The highest BCUT2D eigenvalue weighted by molar-refractivity contribution is 5.89. The predicted octanol–water partition coefficient (Wildman–Crippen LogP) is 3.32. The van der Waals surface area contributed by atoms with Crippen LogP contribution in [0.3, 0.4) is 0 Å². The van der Waals surface area contributed by atoms with E-state index in [2.05, 4.69) is 20.4 Å². The number of hydrogen-bond donors (Lipinski definition) is 1. The molecule has 0 radical (unpaired) electrons. The van der Waals surface area contributed by atoms with E-state index in [1.807, 2.05) is 50.2 Å². The van der Waals surface area contributed by atoms with Crippen LogP contribution in [0.5, 0.6) is 0 Å². The van der Waals surface area contributed by atoms with Crippen LogP contribution in [0.1, 0.15) is 23.6 Å². The second-order valence-electron chi connectivity index (χ2n) is 5.59. The number of anilines is 1. The highest BCUT2D eigenvalue weighted by atomic mass is 16.5. The Balaban J connectivity index is 1.57. The van der Waals surface area contributed by atoms with Crippen molar-refractivity contribution in [1.29, 1.82) is 0 Å². The molecule has 0 aliphatic carbocycles. The van der Waals surface area contributed by atoms with Crippen molar-refractivity contribution in [3.8, 4) is 11.4 Å². The fourth-order valence-corrected chi connectivity index (χ4v) is 2.21. The van der Waals surface area contributed by atoms with E-state index in [1.165, 1.54) is 5.56 Å². The molecule has 0 atom stereocenters. The van der Waals surface area contributed by atoms with Crippen molar-refractivity contribution < 1.29 is 9.32 Å². The molecule has 3 rings (SSSR count). The molecule has 122 valence electrons. The topological polar surface area (TPSA) is 80.9 Å². The molecule has 24 heavy (non-hydrogen) atoms. The van der Waals surface area contributed by atoms with Gasteiger partial charge in [0.15, 0.2) is 0 Å². The molecule has 0 spiro atoms. The van der Waals surface area contributed by atoms with Crippen LogP contribution in [0.15, 0.2) is 47.0 Å². The number of carbonyl (C=O) groups is 1. The lowest BCUT2D eigenvalue weighted by Gasteiger charge is -2.03. The molecule has 6 nitrogen and oxygen atoms in total. The average molecular weight is 322 g/mol. The average Bonchev–Trinajstić information content (AvgIpc) is 3.03. The molecule has 1 N–H and O–H groups in total. The summed E-state index contributed by atoms with van der Waals surface area (Å²) in [6.07, 6.45) is 0.641. The van der Waals surface area contributed by atoms with Gasteiger partial charge in [0.1, 0.15) is 5.82 Å². The predicted molar refractivity (Wildman–Crippen MR) is 90.4 cm³/mol. The summed E-state index contributed by atoms with van der Waals surface area (Å²) in [6.45, 7) is 3.90. The molecule has 3 aromatic rings. The van der Waals surface area contributed by atoms with Crippen molar-refractivity contribution in [2.24, 2.45) is 0 Å². The van der Waals surface area contributed by atoms with E-state index in [9.17, 15) is 4.79 Å². The number of amides is 1. The van der Waals surface area contributed by atoms with Gasteiger partial charge in [-0.2, -0.15) is 4.98 Å². The molecule has 2 aromatic heterocycles. The molecule has 6 heteroatoms. The van der Waals surface area contributed by atoms with Gasteiger partial charge in [-0.15, -0.1) is 0 Å². The Morgan fingerprint density at radius 1 is 1.08 bits per heavy atom. The number of benzene rings is 1. The number of rotatable bonds is 5. The van der Waals surface area contributed by atoms with E-state index in [0.29, 0.717) is 24.0 Å². The Kier molecular flexibility index (Phi) is 4.65. The van der Waals surface area contributed by atoms with Gasteiger partial charge in [0, 0.05) is 24.1 Å². The second kappa shape index (κ2) is 7.04. The summed E-state index contributed by atoms with van der Waals surface area (Å²) in [5, 5.41) is 6.72. The van der Waals surface area contributed by atoms with E-state index in [1.54, 1.807) is 6.07 Å². The minimum atomic E-state index is -0.136. The van der Waals surface area contributed by atoms with Gasteiger partial charge in [-0.25, -0.2) is 4.98 Å². The smallest absolute Gasteiger partial charge is 0.227 e. The summed E-state index contributed by atoms with van der Waals surface area (Å²) in [5.74, 6) is 1.39. The highest BCUT2D eigenvalue weighted by Crippen LogP contribution is 2.17. The quantitative estimate of drug-likeness (QED) is 0.779. The number of aromatic nitrogens is 3. The number of nitrogens with zero attached hydrogens (tertiary/aromatic N) is 3. The zero-order valence-corrected chi connectivity index (χ0v) is 13.6. The summed E-state index contributed by atoms with van der Waals surface area (Å²) in [4.78, 5) is 20.5. The Morgan fingerprint density at radius 3 is 2.62 bits per heavy atom. The number of aryl methyl sites for hydroxylation is 3. The van der Waals surface area contributed by atoms with Gasteiger partial charge >= 0.3 is 0 Å². The summed E-state index contributed by atoms with van der Waals surface area (Å²) in [5.41, 5.74) is 2.92. The summed E-state index contributed by atoms with van der Waals surface area (Å²) >= 11 is 0. The fraction of sp³-hybridized carbons (Fsp3) is 0.222. The van der Waals surface area contributed by atoms with Gasteiger partial charge < -0.3 is 9.84 Å². The first-order chi connectivity index (χ1) is 11.6. The summed E-state index contributed by atoms with van der Waals surface area (Å²) < 4.78 is 5.21. The van der Waals surface area contributed by atoms with Gasteiger partial charge in [0.05, 0.1) is 0 Å². The van der Waals surface area contributed by atoms with Crippen molar-refractivity contribution in [3.05, 3.63) is 59.6 Å². The molecular weight excluding hydrogens is 304 g/mol. The molecule has 0 saturated heterocycles. The normalized spacial score (nSPS) is 10.6. The third kappa shape index (κ3) is 4.04. The molecule has 0 aliphatic rings. The molecule has 1 amide bonds. The van der Waals surface area contributed by atoms with Crippen LogP contribution >= 0.6 is 0 Å². The van der Waals surface area contributed by atoms with Crippen molar-refractivity contribution in [3.63, 3.8) is 0 Å². The Labute approximate surface area is 139 Å². The van der Waals surface area contributed by atoms with Gasteiger partial charge in [0.25, 0.3) is 0 Å². The van der Waals surface area contributed by atoms with Crippen LogP contribution < -0.4 is 5.32 Å². The number of hydrogen-bond acceptors (Lipinski definition) is 5. The van der Waals surface area contributed by atoms with Crippen LogP contribution in [-0.4, -0.2) is 21.0 Å². The maximum Gasteiger partial charge on any atom is 0.227 e. The molecular formula is C18H18N4O2. The van der Waals surface area contributed by atoms with Crippen LogP contribution in [0.2, 0.25) is 0 Å². The number of pyridine rings is 1. The minimum Gasteiger partial charge on any atom is -0.339 e. The maximum absolute atomic E-state index is 12.0. The van der Waals surface area contributed by atoms with Crippen LogP contribution in [-0.2, 0) is 11.2 Å². The van der Waals surface area contributed by atoms with Crippen molar-refractivity contribution in [2.75, 3.05) is 5.32 Å². The Bertz CT molecular complexity index is 840. The number of carbonyl (C=O) groups excluding carboxylic acids is 1. The molecule has 0 saturated carbocycles. The molecule has 0 aliphatic heterocycles. The van der Waals surface area contributed by atoms with Crippen molar-refractivity contribution in [1.82, 2.24) is 15.1 Å². The van der Waals surface area contributed by atoms with E-state index in [-0.39, 0.29) is 12.3 Å². The lowest BCUT2D eigenvalue weighted by molar-refractivity contribution is -0.116. The Morgan fingerprint density at radius 2 is 1.88 bits per heavy atom. The van der Waals surface area contributed by atoms with Gasteiger partial charge in [0.2, 0.25) is 17.6 Å². The van der Waals surface area contributed by atoms with Gasteiger partial charge in [-0.05, 0) is 26.0 Å². The standard InChI is InChI=1S/C18H18N4O2/c1-12-6-8-14(9-7-12)18-21-17(24-22-18)11-10-16(23)20-15-5-3-4-13(2)19-15/h3-9H,10-11H2,1-2H3,(H,19,20,23). The molecule has 0 bridgehead atoms. The lowest BCUT2D eigenvalue weighted by atomic mass is 10.1. The molecule has 2 heterocycles. The fourth-order valence-electron chi connectivity index (χ4n) is 2.21. The van der Waals surface area contributed by atoms with E-state index < -0.39 is 0 Å².